The van der Waals surface area contributed by atoms with Crippen LogP contribution in [0.2, 0.25) is 0 Å². The summed E-state index contributed by atoms with van der Waals surface area (Å²) in [5.74, 6) is 0. The van der Waals surface area contributed by atoms with E-state index < -0.39 is 7.37 Å². The van der Waals surface area contributed by atoms with Crippen LogP contribution in [0.25, 0.3) is 0 Å². The number of ether oxygens (including phenoxy) is 1. The first-order valence-corrected chi connectivity index (χ1v) is 9.93. The van der Waals surface area contributed by atoms with Gasteiger partial charge in [-0.25, -0.2) is 0 Å². The molecule has 6 nitrogen and oxygen atoms in total. The fraction of sp³-hybridized carbons (Fsp3) is 0.353. The largest absolute Gasteiger partial charge is 0.374 e. The van der Waals surface area contributed by atoms with Gasteiger partial charge in [-0.2, -0.15) is 0 Å². The molecule has 128 valence electrons. The summed E-state index contributed by atoms with van der Waals surface area (Å²) in [6.45, 7) is 0.908. The molecule has 1 aromatic carbocycles. The van der Waals surface area contributed by atoms with Gasteiger partial charge < -0.3 is 19.9 Å². The Morgan fingerprint density at radius 1 is 1.21 bits per heavy atom. The number of hydrogen-bond donors (Lipinski definition) is 3. The highest BCUT2D eigenvalue weighted by molar-refractivity contribution is 7.57. The molecule has 0 radical (unpaired) electrons. The Balaban J connectivity index is 1.54. The number of aromatic amines is 1. The lowest BCUT2D eigenvalue weighted by Gasteiger charge is -2.31. The third-order valence-corrected chi connectivity index (χ3v) is 5.90. The summed E-state index contributed by atoms with van der Waals surface area (Å²) in [6.07, 6.45) is 1.67. The molecule has 2 aromatic rings. The van der Waals surface area contributed by atoms with Crippen molar-refractivity contribution in [2.24, 2.45) is 0 Å². The van der Waals surface area contributed by atoms with Crippen molar-refractivity contribution in [1.29, 1.82) is 0 Å². The SMILES string of the molecule is O=c1ccc([C@H]2CO[C@@H](CP(=O)(O)Cc3ccccc3)CN2)c[nH]1. The summed E-state index contributed by atoms with van der Waals surface area (Å²) < 4.78 is 18.2. The zero-order valence-corrected chi connectivity index (χ0v) is 14.1. The molecule has 1 aliphatic rings. The average molecular weight is 348 g/mol. The van der Waals surface area contributed by atoms with E-state index in [2.05, 4.69) is 10.3 Å². The highest BCUT2D eigenvalue weighted by Crippen LogP contribution is 2.45. The second kappa shape index (κ2) is 7.45. The lowest BCUT2D eigenvalue weighted by atomic mass is 10.1. The van der Waals surface area contributed by atoms with E-state index in [0.717, 1.165) is 11.1 Å². The van der Waals surface area contributed by atoms with Gasteiger partial charge in [-0.3, -0.25) is 9.36 Å². The van der Waals surface area contributed by atoms with Gasteiger partial charge in [0.2, 0.25) is 12.9 Å². The number of aromatic nitrogens is 1. The molecule has 1 saturated heterocycles. The van der Waals surface area contributed by atoms with E-state index in [1.165, 1.54) is 6.07 Å². The first-order valence-electron chi connectivity index (χ1n) is 7.90. The molecule has 3 N–H and O–H groups in total. The van der Waals surface area contributed by atoms with Gasteiger partial charge in [-0.1, -0.05) is 36.4 Å². The smallest absolute Gasteiger partial charge is 0.247 e. The van der Waals surface area contributed by atoms with Gasteiger partial charge in [0.1, 0.15) is 0 Å². The van der Waals surface area contributed by atoms with Gasteiger partial charge in [0.25, 0.3) is 0 Å². The fourth-order valence-corrected chi connectivity index (χ4v) is 4.63. The topological polar surface area (TPSA) is 91.4 Å². The molecule has 0 amide bonds. The summed E-state index contributed by atoms with van der Waals surface area (Å²) in [5, 5.41) is 3.31. The Morgan fingerprint density at radius 2 is 2.00 bits per heavy atom. The molecule has 3 atom stereocenters. The minimum atomic E-state index is -3.29. The molecule has 24 heavy (non-hydrogen) atoms. The molecule has 1 unspecified atom stereocenters. The lowest BCUT2D eigenvalue weighted by molar-refractivity contribution is 0.0156. The van der Waals surface area contributed by atoms with E-state index in [1.807, 2.05) is 30.3 Å². The van der Waals surface area contributed by atoms with Crippen LogP contribution >= 0.6 is 7.37 Å². The van der Waals surface area contributed by atoms with Crippen LogP contribution in [0.3, 0.4) is 0 Å². The second-order valence-corrected chi connectivity index (χ2v) is 8.45. The zero-order valence-electron chi connectivity index (χ0n) is 13.2. The minimum Gasteiger partial charge on any atom is -0.374 e. The molecule has 0 saturated carbocycles. The summed E-state index contributed by atoms with van der Waals surface area (Å²) in [5.41, 5.74) is 1.65. The van der Waals surface area contributed by atoms with E-state index in [9.17, 15) is 14.3 Å². The van der Waals surface area contributed by atoms with Crippen LogP contribution in [0, 0.1) is 0 Å². The van der Waals surface area contributed by atoms with Crippen LogP contribution in [0.5, 0.6) is 0 Å². The van der Waals surface area contributed by atoms with Gasteiger partial charge in [-0.15, -0.1) is 0 Å². The van der Waals surface area contributed by atoms with Crippen LogP contribution in [-0.4, -0.2) is 35.3 Å². The lowest BCUT2D eigenvalue weighted by Crippen LogP contribution is -2.43. The minimum absolute atomic E-state index is 0.0229. The molecular weight excluding hydrogens is 327 g/mol. The number of pyridine rings is 1. The molecule has 0 aliphatic carbocycles. The van der Waals surface area contributed by atoms with Gasteiger partial charge in [0.05, 0.1) is 24.9 Å². The van der Waals surface area contributed by atoms with Crippen molar-refractivity contribution in [2.75, 3.05) is 19.3 Å². The van der Waals surface area contributed by atoms with Gasteiger partial charge in [0, 0.05) is 25.0 Å². The molecule has 0 spiro atoms. The first kappa shape index (κ1) is 17.1. The highest BCUT2D eigenvalue weighted by atomic mass is 31.2. The van der Waals surface area contributed by atoms with Crippen LogP contribution < -0.4 is 10.9 Å². The third-order valence-electron chi connectivity index (χ3n) is 4.06. The molecule has 2 heterocycles. The average Bonchev–Trinajstić information content (AvgIpc) is 2.56. The molecule has 3 rings (SSSR count). The molecule has 7 heteroatoms. The second-order valence-electron chi connectivity index (χ2n) is 6.08. The maximum atomic E-state index is 12.4. The zero-order chi connectivity index (χ0) is 17.0. The monoisotopic (exact) mass is 348 g/mol. The summed E-state index contributed by atoms with van der Waals surface area (Å²) in [6, 6.07) is 12.5. The first-order chi connectivity index (χ1) is 11.5. The van der Waals surface area contributed by atoms with E-state index in [0.29, 0.717) is 13.2 Å². The van der Waals surface area contributed by atoms with Gasteiger partial charge in [-0.05, 0) is 11.1 Å². The number of rotatable bonds is 5. The van der Waals surface area contributed by atoms with Crippen molar-refractivity contribution < 1.29 is 14.2 Å². The van der Waals surface area contributed by atoms with Crippen LogP contribution in [0.4, 0.5) is 0 Å². The van der Waals surface area contributed by atoms with Crippen molar-refractivity contribution in [1.82, 2.24) is 10.3 Å². The predicted molar refractivity (Wildman–Crippen MR) is 92.4 cm³/mol. The van der Waals surface area contributed by atoms with Crippen LogP contribution in [0.1, 0.15) is 17.2 Å². The van der Waals surface area contributed by atoms with Crippen LogP contribution in [-0.2, 0) is 15.5 Å². The van der Waals surface area contributed by atoms with E-state index in [-0.39, 0.29) is 30.0 Å². The normalized spacial score (nSPS) is 23.5. The van der Waals surface area contributed by atoms with Crippen molar-refractivity contribution >= 4 is 7.37 Å². The standard InChI is InChI=1S/C17H21N2O4P/c20-17-7-6-14(8-19-17)16-10-23-15(9-18-16)12-24(21,22)11-13-4-2-1-3-5-13/h1-8,15-16,18H,9-12H2,(H,19,20)(H,21,22)/t15-,16-/m1/s1. The van der Waals surface area contributed by atoms with Gasteiger partial charge >= 0.3 is 0 Å². The summed E-state index contributed by atoms with van der Waals surface area (Å²) in [7, 11) is -3.29. The summed E-state index contributed by atoms with van der Waals surface area (Å²) in [4.78, 5) is 24.0. The predicted octanol–water partition coefficient (Wildman–Crippen LogP) is 1.87. The van der Waals surface area contributed by atoms with E-state index in [1.54, 1.807) is 12.3 Å². The number of morpholine rings is 1. The Bertz CT molecular complexity index is 749. The fourth-order valence-electron chi connectivity index (χ4n) is 2.85. The van der Waals surface area contributed by atoms with Crippen molar-refractivity contribution in [2.45, 2.75) is 18.3 Å². The maximum absolute atomic E-state index is 12.4. The van der Waals surface area contributed by atoms with Crippen molar-refractivity contribution in [3.05, 3.63) is 70.1 Å². The van der Waals surface area contributed by atoms with E-state index >= 15 is 0 Å². The van der Waals surface area contributed by atoms with Crippen molar-refractivity contribution in [3.8, 4) is 0 Å². The third kappa shape index (κ3) is 4.65. The molecule has 1 aliphatic heterocycles. The van der Waals surface area contributed by atoms with E-state index in [4.69, 9.17) is 4.74 Å². The molecular formula is C17H21N2O4P. The van der Waals surface area contributed by atoms with Crippen LogP contribution in [0.15, 0.2) is 53.5 Å². The number of hydrogen-bond acceptors (Lipinski definition) is 4. The molecule has 0 bridgehead atoms. The Kier molecular flexibility index (Phi) is 5.31. The maximum Gasteiger partial charge on any atom is 0.247 e. The Morgan fingerprint density at radius 3 is 2.62 bits per heavy atom. The summed E-state index contributed by atoms with van der Waals surface area (Å²) >= 11 is 0. The quantitative estimate of drug-likeness (QED) is 0.718. The molecule has 1 aromatic heterocycles. The van der Waals surface area contributed by atoms with Crippen molar-refractivity contribution in [3.63, 3.8) is 0 Å². The van der Waals surface area contributed by atoms with Gasteiger partial charge in [0.15, 0.2) is 0 Å². The highest BCUT2D eigenvalue weighted by Gasteiger charge is 2.29. The Labute approximate surface area is 140 Å². The number of benzene rings is 1. The Hall–Kier alpha value is -1.72. The number of nitrogens with one attached hydrogen (secondary N) is 2. The number of H-pyrrole nitrogens is 1. The molecule has 1 fully saturated rings.